The average Bonchev–Trinajstić information content (AvgIpc) is 2.12. The summed E-state index contributed by atoms with van der Waals surface area (Å²) >= 11 is 0. The minimum Gasteiger partial charge on any atom is -0.292 e. The van der Waals surface area contributed by atoms with Gasteiger partial charge in [0.25, 0.3) is 0 Å². The molecule has 1 rings (SSSR count). The number of carbonyl (C=O) groups is 1. The summed E-state index contributed by atoms with van der Waals surface area (Å²) in [6.45, 7) is 5.52. The van der Waals surface area contributed by atoms with Gasteiger partial charge in [0.15, 0.2) is 11.8 Å². The lowest BCUT2D eigenvalue weighted by Gasteiger charge is -2.32. The molecule has 0 spiro atoms. The summed E-state index contributed by atoms with van der Waals surface area (Å²) in [7, 11) is 0. The second-order valence-electron chi connectivity index (χ2n) is 4.22. The number of hydrogen-bond donors (Lipinski definition) is 0. The Morgan fingerprint density at radius 2 is 2.14 bits per heavy atom. The van der Waals surface area contributed by atoms with Crippen LogP contribution in [0.4, 0.5) is 0 Å². The van der Waals surface area contributed by atoms with Crippen LogP contribution in [0, 0.1) is 22.7 Å². The van der Waals surface area contributed by atoms with Crippen molar-refractivity contribution in [2.24, 2.45) is 10.6 Å². The van der Waals surface area contributed by atoms with Crippen molar-refractivity contribution in [2.45, 2.75) is 33.2 Å². The van der Waals surface area contributed by atoms with E-state index < -0.39 is 6.04 Å². The predicted octanol–water partition coefficient (Wildman–Crippen LogP) is 2.07. The Balaban J connectivity index is 3.28. The first kappa shape index (κ1) is 10.6. The SMILES string of the molecule is C#CC1=C(C)C(=O)C(N=O)CC1(C)C. The van der Waals surface area contributed by atoms with E-state index in [2.05, 4.69) is 11.1 Å². The molecule has 14 heavy (non-hydrogen) atoms. The Morgan fingerprint density at radius 1 is 1.57 bits per heavy atom. The fourth-order valence-corrected chi connectivity index (χ4v) is 1.95. The summed E-state index contributed by atoms with van der Waals surface area (Å²) in [5.41, 5.74) is 0.904. The fourth-order valence-electron chi connectivity index (χ4n) is 1.95. The lowest BCUT2D eigenvalue weighted by atomic mass is 9.71. The molecule has 3 nitrogen and oxygen atoms in total. The number of hydrogen-bond acceptors (Lipinski definition) is 3. The summed E-state index contributed by atoms with van der Waals surface area (Å²) < 4.78 is 0. The van der Waals surface area contributed by atoms with Gasteiger partial charge in [0.05, 0.1) is 0 Å². The van der Waals surface area contributed by atoms with Crippen molar-refractivity contribution in [3.8, 4) is 12.3 Å². The third-order valence-electron chi connectivity index (χ3n) is 2.70. The van der Waals surface area contributed by atoms with Gasteiger partial charge in [-0.3, -0.25) is 4.79 Å². The van der Waals surface area contributed by atoms with Gasteiger partial charge < -0.3 is 0 Å². The molecule has 1 aliphatic rings. The Labute approximate surface area is 83.5 Å². The number of carbonyl (C=O) groups excluding carboxylic acids is 1. The Bertz CT molecular complexity index is 358. The Hall–Kier alpha value is -1.43. The maximum Gasteiger partial charge on any atom is 0.187 e. The number of nitrogens with zero attached hydrogens (tertiary/aromatic N) is 1. The first-order chi connectivity index (χ1) is 6.44. The van der Waals surface area contributed by atoms with E-state index in [4.69, 9.17) is 6.42 Å². The van der Waals surface area contributed by atoms with Gasteiger partial charge in [0.1, 0.15) is 0 Å². The average molecular weight is 191 g/mol. The van der Waals surface area contributed by atoms with Gasteiger partial charge in [-0.15, -0.1) is 6.42 Å². The van der Waals surface area contributed by atoms with Crippen LogP contribution >= 0.6 is 0 Å². The van der Waals surface area contributed by atoms with E-state index in [0.717, 1.165) is 0 Å². The zero-order valence-corrected chi connectivity index (χ0v) is 8.63. The van der Waals surface area contributed by atoms with Crippen molar-refractivity contribution in [3.05, 3.63) is 16.1 Å². The van der Waals surface area contributed by atoms with Crippen LogP contribution in [0.25, 0.3) is 0 Å². The molecule has 0 saturated carbocycles. The standard InChI is InChI=1S/C11H13NO2/c1-5-8-7(2)10(13)9(12-14)6-11(8,3)4/h1,9H,6H2,2-4H3. The molecule has 0 amide bonds. The van der Waals surface area contributed by atoms with E-state index in [9.17, 15) is 9.70 Å². The Morgan fingerprint density at radius 3 is 2.57 bits per heavy atom. The van der Waals surface area contributed by atoms with Crippen molar-refractivity contribution >= 4 is 5.78 Å². The molecule has 0 radical (unpaired) electrons. The van der Waals surface area contributed by atoms with Crippen molar-refractivity contribution in [3.63, 3.8) is 0 Å². The number of nitroso groups, excluding NO2 is 1. The van der Waals surface area contributed by atoms with E-state index in [1.165, 1.54) is 0 Å². The summed E-state index contributed by atoms with van der Waals surface area (Å²) in [5, 5.41) is 2.84. The summed E-state index contributed by atoms with van der Waals surface area (Å²) in [6.07, 6.45) is 5.76. The van der Waals surface area contributed by atoms with Crippen molar-refractivity contribution < 1.29 is 4.79 Å². The van der Waals surface area contributed by atoms with E-state index in [1.54, 1.807) is 6.92 Å². The molecular formula is C11H13NO2. The molecule has 3 heteroatoms. The molecule has 0 aromatic heterocycles. The number of allylic oxidation sites excluding steroid dienone is 1. The van der Waals surface area contributed by atoms with Crippen LogP contribution in [0.5, 0.6) is 0 Å². The van der Waals surface area contributed by atoms with Gasteiger partial charge >= 0.3 is 0 Å². The third kappa shape index (κ3) is 1.48. The summed E-state index contributed by atoms with van der Waals surface area (Å²) in [5.74, 6) is 2.30. The maximum atomic E-state index is 11.6. The monoisotopic (exact) mass is 191 g/mol. The minimum absolute atomic E-state index is 0.229. The second-order valence-corrected chi connectivity index (χ2v) is 4.22. The molecule has 0 heterocycles. The molecule has 0 fully saturated rings. The van der Waals surface area contributed by atoms with E-state index in [0.29, 0.717) is 17.6 Å². The Kier molecular flexibility index (Phi) is 2.57. The van der Waals surface area contributed by atoms with E-state index >= 15 is 0 Å². The summed E-state index contributed by atoms with van der Waals surface area (Å²) in [6, 6.07) is -0.762. The van der Waals surface area contributed by atoms with Crippen LogP contribution in [0.1, 0.15) is 27.2 Å². The predicted molar refractivity (Wildman–Crippen MR) is 54.5 cm³/mol. The molecule has 1 aliphatic carbocycles. The third-order valence-corrected chi connectivity index (χ3v) is 2.70. The van der Waals surface area contributed by atoms with Crippen LogP contribution in [0.15, 0.2) is 16.3 Å². The highest BCUT2D eigenvalue weighted by molar-refractivity contribution is 6.01. The van der Waals surface area contributed by atoms with Crippen LogP contribution in [-0.4, -0.2) is 11.8 Å². The first-order valence-electron chi connectivity index (χ1n) is 4.48. The van der Waals surface area contributed by atoms with Crippen molar-refractivity contribution in [1.29, 1.82) is 0 Å². The summed E-state index contributed by atoms with van der Waals surface area (Å²) in [4.78, 5) is 22.0. The highest BCUT2D eigenvalue weighted by Gasteiger charge is 2.38. The molecule has 0 aliphatic heterocycles. The van der Waals surface area contributed by atoms with Crippen LogP contribution in [-0.2, 0) is 4.79 Å². The fraction of sp³-hybridized carbons (Fsp3) is 0.545. The molecule has 1 atom stereocenters. The zero-order valence-electron chi connectivity index (χ0n) is 8.63. The van der Waals surface area contributed by atoms with Gasteiger partial charge in [-0.05, 0) is 13.3 Å². The van der Waals surface area contributed by atoms with Gasteiger partial charge in [-0.1, -0.05) is 24.9 Å². The second kappa shape index (κ2) is 3.38. The quantitative estimate of drug-likeness (QED) is 0.470. The van der Waals surface area contributed by atoms with Crippen LogP contribution in [0.2, 0.25) is 0 Å². The highest BCUT2D eigenvalue weighted by atomic mass is 16.3. The maximum absolute atomic E-state index is 11.6. The molecule has 0 saturated heterocycles. The molecule has 1 unspecified atom stereocenters. The molecular weight excluding hydrogens is 178 g/mol. The number of rotatable bonds is 1. The van der Waals surface area contributed by atoms with E-state index in [1.807, 2.05) is 13.8 Å². The van der Waals surface area contributed by atoms with Gasteiger partial charge in [-0.2, -0.15) is 4.91 Å². The number of terminal acetylenes is 1. The molecule has 0 aromatic rings. The zero-order chi connectivity index (χ0) is 10.9. The number of ketones is 1. The molecule has 0 aromatic carbocycles. The smallest absolute Gasteiger partial charge is 0.187 e. The number of Topliss-reactive ketones (excluding diaryl/α,β-unsaturated/α-hetero) is 1. The van der Waals surface area contributed by atoms with Gasteiger partial charge in [-0.25, -0.2) is 0 Å². The van der Waals surface area contributed by atoms with Crippen LogP contribution < -0.4 is 0 Å². The van der Waals surface area contributed by atoms with Gasteiger partial charge in [0.2, 0.25) is 0 Å². The minimum atomic E-state index is -0.762. The molecule has 0 bridgehead atoms. The lowest BCUT2D eigenvalue weighted by molar-refractivity contribution is -0.117. The van der Waals surface area contributed by atoms with E-state index in [-0.39, 0.29) is 11.2 Å². The van der Waals surface area contributed by atoms with Gasteiger partial charge in [0, 0.05) is 16.6 Å². The normalized spacial score (nSPS) is 25.9. The highest BCUT2D eigenvalue weighted by Crippen LogP contribution is 2.39. The molecule has 74 valence electrons. The van der Waals surface area contributed by atoms with Crippen LogP contribution in [0.3, 0.4) is 0 Å². The lowest BCUT2D eigenvalue weighted by Crippen LogP contribution is -2.34. The largest absolute Gasteiger partial charge is 0.292 e. The first-order valence-corrected chi connectivity index (χ1v) is 4.48. The van der Waals surface area contributed by atoms with Crippen molar-refractivity contribution in [1.82, 2.24) is 0 Å². The topological polar surface area (TPSA) is 46.5 Å². The van der Waals surface area contributed by atoms with Crippen molar-refractivity contribution in [2.75, 3.05) is 0 Å². The molecule has 0 N–H and O–H groups in total.